The zero-order chi connectivity index (χ0) is 14.7. The average molecular weight is 280 g/mol. The molecule has 2 aromatic rings. The Morgan fingerprint density at radius 1 is 1.05 bits per heavy atom. The molecule has 0 spiro atoms. The van der Waals surface area contributed by atoms with E-state index in [1.165, 1.54) is 16.7 Å². The van der Waals surface area contributed by atoms with E-state index in [0.29, 0.717) is 12.6 Å². The summed E-state index contributed by atoms with van der Waals surface area (Å²) < 4.78 is 0. The average Bonchev–Trinajstić information content (AvgIpc) is 2.55. The predicted molar refractivity (Wildman–Crippen MR) is 88.2 cm³/mol. The van der Waals surface area contributed by atoms with Crippen LogP contribution in [0.1, 0.15) is 36.1 Å². The van der Waals surface area contributed by atoms with Crippen LogP contribution in [0.25, 0.3) is 0 Å². The lowest BCUT2D eigenvalue weighted by Gasteiger charge is -2.40. The van der Waals surface area contributed by atoms with Crippen LogP contribution >= 0.6 is 0 Å². The summed E-state index contributed by atoms with van der Waals surface area (Å²) in [5, 5.41) is 3.81. The zero-order valence-corrected chi connectivity index (χ0v) is 12.7. The Morgan fingerprint density at radius 3 is 2.43 bits per heavy atom. The van der Waals surface area contributed by atoms with Gasteiger partial charge in [-0.1, -0.05) is 54.6 Å². The van der Waals surface area contributed by atoms with E-state index >= 15 is 0 Å². The molecule has 21 heavy (non-hydrogen) atoms. The summed E-state index contributed by atoms with van der Waals surface area (Å²) in [6, 6.07) is 19.7. The third kappa shape index (κ3) is 3.02. The fourth-order valence-corrected chi connectivity index (χ4v) is 3.44. The first-order valence-electron chi connectivity index (χ1n) is 7.82. The van der Waals surface area contributed by atoms with E-state index in [9.17, 15) is 0 Å². The maximum atomic E-state index is 6.16. The Balaban J connectivity index is 1.79. The van der Waals surface area contributed by atoms with Crippen molar-refractivity contribution in [2.45, 2.75) is 37.8 Å². The highest BCUT2D eigenvalue weighted by Gasteiger charge is 2.34. The molecule has 0 saturated carbocycles. The van der Waals surface area contributed by atoms with E-state index in [2.05, 4.69) is 66.8 Å². The van der Waals surface area contributed by atoms with Crippen molar-refractivity contribution < 1.29 is 0 Å². The number of hydrogen-bond acceptors (Lipinski definition) is 2. The minimum absolute atomic E-state index is 0.0175. The fourth-order valence-electron chi connectivity index (χ4n) is 3.44. The number of nitrogens with one attached hydrogen (secondary N) is 1. The number of fused-ring (bicyclic) bond motifs is 1. The summed E-state index contributed by atoms with van der Waals surface area (Å²) in [4.78, 5) is 0. The van der Waals surface area contributed by atoms with Crippen LogP contribution in [-0.2, 0) is 12.8 Å². The summed E-state index contributed by atoms with van der Waals surface area (Å²) in [7, 11) is 0. The van der Waals surface area contributed by atoms with Crippen molar-refractivity contribution in [2.24, 2.45) is 5.73 Å². The predicted octanol–water partition coefficient (Wildman–Crippen LogP) is 3.22. The maximum Gasteiger partial charge on any atom is 0.0353 e. The standard InChI is InChI=1S/C19H24N2/c1-15(16-7-3-2-4-8-16)21-19(14-20)12-11-17-9-5-6-10-18(17)13-19/h2-10,15,21H,11-14,20H2,1H3/t15-,19?/m1/s1. The minimum atomic E-state index is 0.0175. The molecular formula is C19H24N2. The third-order valence-corrected chi connectivity index (χ3v) is 4.73. The second-order valence-electron chi connectivity index (χ2n) is 6.21. The van der Waals surface area contributed by atoms with Crippen LogP contribution in [0.5, 0.6) is 0 Å². The molecule has 0 bridgehead atoms. The molecule has 0 aliphatic heterocycles. The van der Waals surface area contributed by atoms with Gasteiger partial charge in [-0.3, -0.25) is 0 Å². The number of aryl methyl sites for hydroxylation is 1. The van der Waals surface area contributed by atoms with Crippen molar-refractivity contribution in [3.63, 3.8) is 0 Å². The monoisotopic (exact) mass is 280 g/mol. The van der Waals surface area contributed by atoms with Gasteiger partial charge in [0.05, 0.1) is 0 Å². The second-order valence-corrected chi connectivity index (χ2v) is 6.21. The van der Waals surface area contributed by atoms with Gasteiger partial charge in [0, 0.05) is 18.1 Å². The van der Waals surface area contributed by atoms with Crippen LogP contribution < -0.4 is 11.1 Å². The molecule has 3 rings (SSSR count). The Labute approximate surface area is 127 Å². The van der Waals surface area contributed by atoms with Crippen molar-refractivity contribution in [1.29, 1.82) is 0 Å². The molecular weight excluding hydrogens is 256 g/mol. The van der Waals surface area contributed by atoms with Gasteiger partial charge in [0.1, 0.15) is 0 Å². The van der Waals surface area contributed by atoms with E-state index in [1.54, 1.807) is 0 Å². The molecule has 2 atom stereocenters. The highest BCUT2D eigenvalue weighted by Crippen LogP contribution is 2.30. The highest BCUT2D eigenvalue weighted by molar-refractivity contribution is 5.33. The van der Waals surface area contributed by atoms with Crippen LogP contribution in [0.15, 0.2) is 54.6 Å². The van der Waals surface area contributed by atoms with Gasteiger partial charge in [-0.15, -0.1) is 0 Å². The molecule has 0 saturated heterocycles. The van der Waals surface area contributed by atoms with Crippen molar-refractivity contribution in [3.05, 3.63) is 71.3 Å². The van der Waals surface area contributed by atoms with Gasteiger partial charge in [-0.25, -0.2) is 0 Å². The summed E-state index contributed by atoms with van der Waals surface area (Å²) in [5.74, 6) is 0. The topological polar surface area (TPSA) is 38.0 Å². The summed E-state index contributed by atoms with van der Waals surface area (Å²) in [6.45, 7) is 2.91. The molecule has 0 heterocycles. The summed E-state index contributed by atoms with van der Waals surface area (Å²) in [5.41, 5.74) is 10.4. The summed E-state index contributed by atoms with van der Waals surface area (Å²) in [6.07, 6.45) is 3.25. The number of rotatable bonds is 4. The van der Waals surface area contributed by atoms with Crippen molar-refractivity contribution in [2.75, 3.05) is 6.54 Å². The molecule has 2 heteroatoms. The molecule has 1 aliphatic carbocycles. The number of hydrogen-bond donors (Lipinski definition) is 2. The first-order valence-corrected chi connectivity index (χ1v) is 7.82. The first-order chi connectivity index (χ1) is 10.2. The van der Waals surface area contributed by atoms with Gasteiger partial charge in [0.25, 0.3) is 0 Å². The van der Waals surface area contributed by atoms with Gasteiger partial charge in [-0.05, 0) is 42.9 Å². The van der Waals surface area contributed by atoms with E-state index in [-0.39, 0.29) is 5.54 Å². The highest BCUT2D eigenvalue weighted by atomic mass is 15.0. The Kier molecular flexibility index (Phi) is 4.09. The van der Waals surface area contributed by atoms with Crippen LogP contribution in [0.2, 0.25) is 0 Å². The van der Waals surface area contributed by atoms with Gasteiger partial charge >= 0.3 is 0 Å². The third-order valence-electron chi connectivity index (χ3n) is 4.73. The van der Waals surface area contributed by atoms with E-state index < -0.39 is 0 Å². The van der Waals surface area contributed by atoms with Crippen molar-refractivity contribution >= 4 is 0 Å². The van der Waals surface area contributed by atoms with Gasteiger partial charge in [0.2, 0.25) is 0 Å². The summed E-state index contributed by atoms with van der Waals surface area (Å²) >= 11 is 0. The molecule has 0 fully saturated rings. The number of benzene rings is 2. The van der Waals surface area contributed by atoms with Crippen LogP contribution in [0.3, 0.4) is 0 Å². The van der Waals surface area contributed by atoms with Crippen molar-refractivity contribution in [3.8, 4) is 0 Å². The molecule has 1 aliphatic rings. The fraction of sp³-hybridized carbons (Fsp3) is 0.368. The lowest BCUT2D eigenvalue weighted by atomic mass is 9.77. The molecule has 110 valence electrons. The quantitative estimate of drug-likeness (QED) is 0.902. The minimum Gasteiger partial charge on any atom is -0.329 e. The van der Waals surface area contributed by atoms with Gasteiger partial charge in [0.15, 0.2) is 0 Å². The van der Waals surface area contributed by atoms with E-state index in [1.807, 2.05) is 0 Å². The second kappa shape index (κ2) is 6.00. The Morgan fingerprint density at radius 2 is 1.71 bits per heavy atom. The smallest absolute Gasteiger partial charge is 0.0353 e. The largest absolute Gasteiger partial charge is 0.329 e. The Hall–Kier alpha value is -1.64. The van der Waals surface area contributed by atoms with Crippen LogP contribution in [0, 0.1) is 0 Å². The molecule has 3 N–H and O–H groups in total. The lowest BCUT2D eigenvalue weighted by Crippen LogP contribution is -2.55. The van der Waals surface area contributed by atoms with E-state index in [0.717, 1.165) is 19.3 Å². The SMILES string of the molecule is C[C@@H](NC1(CN)CCc2ccccc2C1)c1ccccc1. The maximum absolute atomic E-state index is 6.16. The Bertz CT molecular complexity index is 594. The molecule has 0 amide bonds. The normalized spacial score (nSPS) is 22.6. The molecule has 1 unspecified atom stereocenters. The molecule has 2 nitrogen and oxygen atoms in total. The van der Waals surface area contributed by atoms with Gasteiger partial charge in [-0.2, -0.15) is 0 Å². The zero-order valence-electron chi connectivity index (χ0n) is 12.7. The lowest BCUT2D eigenvalue weighted by molar-refractivity contribution is 0.266. The number of nitrogens with two attached hydrogens (primary N) is 1. The first kappa shape index (κ1) is 14.3. The molecule has 0 aromatic heterocycles. The molecule has 0 radical (unpaired) electrons. The van der Waals surface area contributed by atoms with Crippen molar-refractivity contribution in [1.82, 2.24) is 5.32 Å². The van der Waals surface area contributed by atoms with E-state index in [4.69, 9.17) is 5.73 Å². The van der Waals surface area contributed by atoms with Gasteiger partial charge < -0.3 is 11.1 Å². The van der Waals surface area contributed by atoms with Crippen LogP contribution in [-0.4, -0.2) is 12.1 Å². The molecule has 2 aromatic carbocycles. The van der Waals surface area contributed by atoms with Crippen LogP contribution in [0.4, 0.5) is 0 Å².